The molecule has 2 aromatic carbocycles. The standard InChI is InChI=1S/C20H16N2O5S2/c1-27-15-4-2-3-12(9-15)10-16-18(24)22(20(28)29-16)11-17(23)21-14-7-5-13(6-8-14)19(25)26/h2-10H,11H2,1H3,(H,21,23)(H,25,26)/p-1/b16-10-. The fraction of sp³-hybridized carbons (Fsp3) is 0.100. The minimum absolute atomic E-state index is 0.00242. The largest absolute Gasteiger partial charge is 0.545 e. The van der Waals surface area contributed by atoms with Gasteiger partial charge in [-0.25, -0.2) is 0 Å². The number of hydrogen-bond acceptors (Lipinski definition) is 7. The lowest BCUT2D eigenvalue weighted by molar-refractivity contribution is -0.255. The highest BCUT2D eigenvalue weighted by Crippen LogP contribution is 2.32. The number of carboxylic acid groups (broad SMARTS) is 1. The van der Waals surface area contributed by atoms with Crippen LogP contribution in [0.15, 0.2) is 53.4 Å². The SMILES string of the molecule is COc1cccc(/C=C2\SC(=S)N(CC(=O)Nc3ccc(C(=O)[O-])cc3)C2=O)c1. The highest BCUT2D eigenvalue weighted by atomic mass is 32.2. The first kappa shape index (κ1) is 20.6. The van der Waals surface area contributed by atoms with Crippen molar-refractivity contribution in [3.63, 3.8) is 0 Å². The van der Waals surface area contributed by atoms with E-state index < -0.39 is 11.9 Å². The van der Waals surface area contributed by atoms with E-state index in [9.17, 15) is 19.5 Å². The minimum atomic E-state index is -1.30. The zero-order valence-corrected chi connectivity index (χ0v) is 16.8. The summed E-state index contributed by atoms with van der Waals surface area (Å²) < 4.78 is 5.46. The molecular formula is C20H15N2O5S2-. The molecule has 1 saturated heterocycles. The van der Waals surface area contributed by atoms with Crippen molar-refractivity contribution in [1.29, 1.82) is 0 Å². The summed E-state index contributed by atoms with van der Waals surface area (Å²) in [7, 11) is 1.56. The Morgan fingerprint density at radius 1 is 1.24 bits per heavy atom. The number of hydrogen-bond donors (Lipinski definition) is 1. The van der Waals surface area contributed by atoms with Crippen molar-refractivity contribution < 1.29 is 24.2 Å². The fourth-order valence-corrected chi connectivity index (χ4v) is 3.81. The Hall–Kier alpha value is -3.17. The van der Waals surface area contributed by atoms with Crippen LogP contribution in [0.25, 0.3) is 6.08 Å². The minimum Gasteiger partial charge on any atom is -0.545 e. The van der Waals surface area contributed by atoms with Crippen LogP contribution in [-0.4, -0.2) is 40.7 Å². The number of carboxylic acids is 1. The van der Waals surface area contributed by atoms with E-state index in [1.807, 2.05) is 12.1 Å². The van der Waals surface area contributed by atoms with Gasteiger partial charge in [-0.15, -0.1) is 0 Å². The van der Waals surface area contributed by atoms with Crippen molar-refractivity contribution in [2.75, 3.05) is 19.0 Å². The summed E-state index contributed by atoms with van der Waals surface area (Å²) >= 11 is 6.36. The molecule has 3 rings (SSSR count). The zero-order valence-electron chi connectivity index (χ0n) is 15.2. The number of nitrogens with one attached hydrogen (secondary N) is 1. The first-order valence-corrected chi connectivity index (χ1v) is 9.60. The van der Waals surface area contributed by atoms with Crippen molar-refractivity contribution in [3.05, 3.63) is 64.6 Å². The van der Waals surface area contributed by atoms with Gasteiger partial charge in [-0.05, 0) is 41.5 Å². The van der Waals surface area contributed by atoms with Crippen LogP contribution < -0.4 is 15.2 Å². The number of aromatic carboxylic acids is 1. The van der Waals surface area contributed by atoms with E-state index in [2.05, 4.69) is 5.32 Å². The molecule has 0 unspecified atom stereocenters. The zero-order chi connectivity index (χ0) is 21.0. The molecule has 0 atom stereocenters. The number of carbonyl (C=O) groups is 3. The van der Waals surface area contributed by atoms with Gasteiger partial charge in [-0.1, -0.05) is 48.2 Å². The Morgan fingerprint density at radius 2 is 1.97 bits per heavy atom. The molecule has 1 heterocycles. The second kappa shape index (κ2) is 8.89. The molecule has 0 aliphatic carbocycles. The van der Waals surface area contributed by atoms with Gasteiger partial charge in [0.15, 0.2) is 0 Å². The van der Waals surface area contributed by atoms with Crippen molar-refractivity contribution >= 4 is 57.8 Å². The van der Waals surface area contributed by atoms with Gasteiger partial charge < -0.3 is 20.0 Å². The molecule has 1 aliphatic heterocycles. The van der Waals surface area contributed by atoms with Crippen LogP contribution >= 0.6 is 24.0 Å². The van der Waals surface area contributed by atoms with E-state index in [0.29, 0.717) is 16.3 Å². The Labute approximate surface area is 176 Å². The third-order valence-corrected chi connectivity index (χ3v) is 5.35. The maximum atomic E-state index is 12.6. The predicted molar refractivity (Wildman–Crippen MR) is 112 cm³/mol. The van der Waals surface area contributed by atoms with E-state index in [-0.39, 0.29) is 22.3 Å². The monoisotopic (exact) mass is 427 g/mol. The molecule has 9 heteroatoms. The number of methoxy groups -OCH3 is 1. The van der Waals surface area contributed by atoms with E-state index >= 15 is 0 Å². The number of carbonyl (C=O) groups excluding carboxylic acids is 3. The van der Waals surface area contributed by atoms with Gasteiger partial charge in [0.25, 0.3) is 5.91 Å². The second-order valence-electron chi connectivity index (χ2n) is 5.96. The van der Waals surface area contributed by atoms with Gasteiger partial charge in [-0.3, -0.25) is 14.5 Å². The maximum absolute atomic E-state index is 12.6. The van der Waals surface area contributed by atoms with E-state index in [1.165, 1.54) is 29.2 Å². The molecular weight excluding hydrogens is 412 g/mol. The molecule has 0 bridgehead atoms. The maximum Gasteiger partial charge on any atom is 0.266 e. The van der Waals surface area contributed by atoms with Crippen molar-refractivity contribution in [3.8, 4) is 5.75 Å². The van der Waals surface area contributed by atoms with E-state index in [1.54, 1.807) is 25.3 Å². The van der Waals surface area contributed by atoms with Gasteiger partial charge in [0.2, 0.25) is 5.91 Å². The number of nitrogens with zero attached hydrogens (tertiary/aromatic N) is 1. The summed E-state index contributed by atoms with van der Waals surface area (Å²) in [5.74, 6) is -1.45. The Balaban J connectivity index is 1.67. The molecule has 2 amide bonds. The number of rotatable bonds is 6. The van der Waals surface area contributed by atoms with Crippen LogP contribution in [0.5, 0.6) is 5.75 Å². The molecule has 7 nitrogen and oxygen atoms in total. The smallest absolute Gasteiger partial charge is 0.266 e. The molecule has 1 aliphatic rings. The highest BCUT2D eigenvalue weighted by Gasteiger charge is 2.33. The fourth-order valence-electron chi connectivity index (χ4n) is 2.55. The molecule has 29 heavy (non-hydrogen) atoms. The molecule has 148 valence electrons. The third kappa shape index (κ3) is 5.01. The van der Waals surface area contributed by atoms with Gasteiger partial charge in [0.1, 0.15) is 16.6 Å². The molecule has 0 saturated carbocycles. The van der Waals surface area contributed by atoms with Crippen molar-refractivity contribution in [2.45, 2.75) is 0 Å². The van der Waals surface area contributed by atoms with Gasteiger partial charge in [0, 0.05) is 5.69 Å². The Kier molecular flexibility index (Phi) is 6.30. The third-order valence-electron chi connectivity index (χ3n) is 3.97. The average molecular weight is 427 g/mol. The van der Waals surface area contributed by atoms with Crippen LogP contribution in [-0.2, 0) is 9.59 Å². The summed E-state index contributed by atoms with van der Waals surface area (Å²) in [6, 6.07) is 12.7. The van der Waals surface area contributed by atoms with E-state index in [0.717, 1.165) is 17.3 Å². The van der Waals surface area contributed by atoms with Gasteiger partial charge in [0.05, 0.1) is 18.0 Å². The van der Waals surface area contributed by atoms with E-state index in [4.69, 9.17) is 17.0 Å². The lowest BCUT2D eigenvalue weighted by atomic mass is 10.2. The lowest BCUT2D eigenvalue weighted by Gasteiger charge is -2.14. The number of amides is 2. The number of anilines is 1. The van der Waals surface area contributed by atoms with Crippen LogP contribution in [0, 0.1) is 0 Å². The summed E-state index contributed by atoms with van der Waals surface area (Å²) in [6.07, 6.45) is 1.69. The summed E-state index contributed by atoms with van der Waals surface area (Å²) in [6.45, 7) is -0.248. The number of benzene rings is 2. The molecule has 1 fully saturated rings. The van der Waals surface area contributed by atoms with Gasteiger partial charge in [-0.2, -0.15) is 0 Å². The quantitative estimate of drug-likeness (QED) is 0.555. The average Bonchev–Trinajstić information content (AvgIpc) is 2.96. The number of ether oxygens (including phenoxy) is 1. The number of thiocarbonyl (C=S) groups is 1. The molecule has 2 aromatic rings. The van der Waals surface area contributed by atoms with Gasteiger partial charge >= 0.3 is 0 Å². The van der Waals surface area contributed by atoms with Crippen molar-refractivity contribution in [2.24, 2.45) is 0 Å². The first-order valence-electron chi connectivity index (χ1n) is 8.38. The molecule has 0 spiro atoms. The second-order valence-corrected chi connectivity index (χ2v) is 7.63. The van der Waals surface area contributed by atoms with Crippen LogP contribution in [0.4, 0.5) is 5.69 Å². The Morgan fingerprint density at radius 3 is 2.62 bits per heavy atom. The lowest BCUT2D eigenvalue weighted by Crippen LogP contribution is -2.36. The van der Waals surface area contributed by atoms with Crippen LogP contribution in [0.1, 0.15) is 15.9 Å². The topological polar surface area (TPSA) is 98.8 Å². The number of thioether (sulfide) groups is 1. The summed E-state index contributed by atoms with van der Waals surface area (Å²) in [5.41, 5.74) is 1.18. The van der Waals surface area contributed by atoms with Crippen molar-refractivity contribution in [1.82, 2.24) is 4.90 Å². The Bertz CT molecular complexity index is 1020. The predicted octanol–water partition coefficient (Wildman–Crippen LogP) is 1.90. The summed E-state index contributed by atoms with van der Waals surface area (Å²) in [4.78, 5) is 37.3. The summed E-state index contributed by atoms with van der Waals surface area (Å²) in [5, 5.41) is 13.4. The molecule has 1 N–H and O–H groups in total. The molecule has 0 radical (unpaired) electrons. The van der Waals surface area contributed by atoms with Crippen LogP contribution in [0.2, 0.25) is 0 Å². The first-order chi connectivity index (χ1) is 13.9. The normalized spacial score (nSPS) is 14.9. The highest BCUT2D eigenvalue weighted by molar-refractivity contribution is 8.26. The van der Waals surface area contributed by atoms with Crippen LogP contribution in [0.3, 0.4) is 0 Å². The molecule has 0 aromatic heterocycles.